The minimum atomic E-state index is 0.260. The maximum absolute atomic E-state index is 12.1. The average Bonchev–Trinajstić information content (AvgIpc) is 2.94. The van der Waals surface area contributed by atoms with Gasteiger partial charge in [0.2, 0.25) is 0 Å². The lowest BCUT2D eigenvalue weighted by Crippen LogP contribution is -2.52. The van der Waals surface area contributed by atoms with Crippen molar-refractivity contribution in [1.82, 2.24) is 4.90 Å². The van der Waals surface area contributed by atoms with E-state index in [1.54, 1.807) is 0 Å². The summed E-state index contributed by atoms with van der Waals surface area (Å²) in [5.41, 5.74) is 0. The molecule has 1 saturated heterocycles. The molecule has 3 aliphatic rings. The first kappa shape index (κ1) is 15.5. The summed E-state index contributed by atoms with van der Waals surface area (Å²) in [6.45, 7) is 6.19. The van der Waals surface area contributed by atoms with Crippen LogP contribution in [0.2, 0.25) is 0 Å². The standard InChI is InChI=1S/C18H31NO2/c1-2-14-5-3-6-15(11-14)12-19-9-10-21-13-17(19)16-7-4-8-18(16)20/h14-17H,2-13H2,1H3/t14-,15+,16+,17+/m1/s1. The van der Waals surface area contributed by atoms with Crippen molar-refractivity contribution >= 4 is 5.78 Å². The topological polar surface area (TPSA) is 29.5 Å². The molecule has 0 amide bonds. The minimum absolute atomic E-state index is 0.260. The molecule has 3 heteroatoms. The Morgan fingerprint density at radius 3 is 2.81 bits per heavy atom. The van der Waals surface area contributed by atoms with E-state index in [1.165, 1.54) is 38.6 Å². The minimum Gasteiger partial charge on any atom is -0.378 e. The van der Waals surface area contributed by atoms with Crippen molar-refractivity contribution in [3.05, 3.63) is 0 Å². The van der Waals surface area contributed by atoms with Crippen LogP contribution in [0.1, 0.15) is 58.3 Å². The molecule has 0 unspecified atom stereocenters. The van der Waals surface area contributed by atoms with E-state index in [4.69, 9.17) is 4.74 Å². The van der Waals surface area contributed by atoms with Gasteiger partial charge in [0, 0.05) is 31.5 Å². The van der Waals surface area contributed by atoms with E-state index in [0.29, 0.717) is 11.8 Å². The van der Waals surface area contributed by atoms with Crippen LogP contribution in [0.3, 0.4) is 0 Å². The maximum Gasteiger partial charge on any atom is 0.137 e. The van der Waals surface area contributed by atoms with Gasteiger partial charge in [0.15, 0.2) is 0 Å². The highest BCUT2D eigenvalue weighted by atomic mass is 16.5. The lowest BCUT2D eigenvalue weighted by Gasteiger charge is -2.41. The summed E-state index contributed by atoms with van der Waals surface area (Å²) in [5.74, 6) is 2.54. The number of ketones is 1. The van der Waals surface area contributed by atoms with Gasteiger partial charge in [0.25, 0.3) is 0 Å². The van der Waals surface area contributed by atoms with Crippen molar-refractivity contribution in [2.75, 3.05) is 26.3 Å². The lowest BCUT2D eigenvalue weighted by atomic mass is 9.79. The van der Waals surface area contributed by atoms with Crippen molar-refractivity contribution in [1.29, 1.82) is 0 Å². The zero-order chi connectivity index (χ0) is 14.7. The second kappa shape index (κ2) is 7.23. The van der Waals surface area contributed by atoms with Gasteiger partial charge in [-0.15, -0.1) is 0 Å². The molecule has 0 aromatic heterocycles. The van der Waals surface area contributed by atoms with Crippen LogP contribution in [0.15, 0.2) is 0 Å². The first-order valence-electron chi connectivity index (χ1n) is 9.12. The number of Topliss-reactive ketones (excluding diaryl/α,β-unsaturated/α-hetero) is 1. The molecule has 3 fully saturated rings. The first-order chi connectivity index (χ1) is 10.3. The molecule has 0 bridgehead atoms. The van der Waals surface area contributed by atoms with Crippen LogP contribution in [0, 0.1) is 17.8 Å². The molecule has 0 spiro atoms. The lowest BCUT2D eigenvalue weighted by molar-refractivity contribution is -0.126. The van der Waals surface area contributed by atoms with Crippen LogP contribution >= 0.6 is 0 Å². The van der Waals surface area contributed by atoms with Crippen LogP contribution in [-0.2, 0) is 9.53 Å². The number of hydrogen-bond donors (Lipinski definition) is 0. The van der Waals surface area contributed by atoms with E-state index in [9.17, 15) is 4.79 Å². The average molecular weight is 293 g/mol. The number of hydrogen-bond acceptors (Lipinski definition) is 3. The molecule has 2 saturated carbocycles. The van der Waals surface area contributed by atoms with Gasteiger partial charge in [0.1, 0.15) is 5.78 Å². The van der Waals surface area contributed by atoms with E-state index in [2.05, 4.69) is 11.8 Å². The molecule has 0 aromatic rings. The highest BCUT2D eigenvalue weighted by Gasteiger charge is 2.38. The van der Waals surface area contributed by atoms with E-state index in [0.717, 1.165) is 50.9 Å². The molecule has 1 aliphatic heterocycles. The quantitative estimate of drug-likeness (QED) is 0.796. The molecule has 0 aromatic carbocycles. The van der Waals surface area contributed by atoms with Gasteiger partial charge in [0.05, 0.1) is 13.2 Å². The van der Waals surface area contributed by atoms with Crippen molar-refractivity contribution in [2.24, 2.45) is 17.8 Å². The van der Waals surface area contributed by atoms with Gasteiger partial charge in [-0.1, -0.05) is 26.2 Å². The van der Waals surface area contributed by atoms with E-state index in [-0.39, 0.29) is 5.92 Å². The Hall–Kier alpha value is -0.410. The Labute approximate surface area is 129 Å². The largest absolute Gasteiger partial charge is 0.378 e. The van der Waals surface area contributed by atoms with E-state index < -0.39 is 0 Å². The third-order valence-corrected chi connectivity index (χ3v) is 6.06. The van der Waals surface area contributed by atoms with Crippen molar-refractivity contribution in [2.45, 2.75) is 64.3 Å². The maximum atomic E-state index is 12.1. The van der Waals surface area contributed by atoms with Gasteiger partial charge in [-0.3, -0.25) is 9.69 Å². The Morgan fingerprint density at radius 1 is 1.19 bits per heavy atom. The number of rotatable bonds is 4. The number of carbonyl (C=O) groups excluding carboxylic acids is 1. The third-order valence-electron chi connectivity index (χ3n) is 6.06. The molecule has 3 nitrogen and oxygen atoms in total. The summed E-state index contributed by atoms with van der Waals surface area (Å²) in [4.78, 5) is 14.7. The highest BCUT2D eigenvalue weighted by molar-refractivity contribution is 5.83. The summed E-state index contributed by atoms with van der Waals surface area (Å²) in [6, 6.07) is 0.371. The summed E-state index contributed by atoms with van der Waals surface area (Å²) in [5, 5.41) is 0. The molecule has 0 N–H and O–H groups in total. The Balaban J connectivity index is 1.60. The van der Waals surface area contributed by atoms with Crippen LogP contribution in [0.25, 0.3) is 0 Å². The van der Waals surface area contributed by atoms with Gasteiger partial charge in [-0.05, 0) is 37.5 Å². The Kier molecular flexibility index (Phi) is 5.33. The third kappa shape index (κ3) is 3.68. The first-order valence-corrected chi connectivity index (χ1v) is 9.12. The monoisotopic (exact) mass is 293 g/mol. The number of morpholine rings is 1. The fraction of sp³-hybridized carbons (Fsp3) is 0.944. The van der Waals surface area contributed by atoms with Crippen LogP contribution in [0.5, 0.6) is 0 Å². The SMILES string of the molecule is CC[C@@H]1CCC[C@H](CN2CCOC[C@H]2[C@@H]2CCCC2=O)C1. The zero-order valence-electron chi connectivity index (χ0n) is 13.6. The predicted molar refractivity (Wildman–Crippen MR) is 84.3 cm³/mol. The number of carbonyl (C=O) groups is 1. The summed E-state index contributed by atoms with van der Waals surface area (Å²) < 4.78 is 5.71. The molecular weight excluding hydrogens is 262 g/mol. The molecule has 3 rings (SSSR count). The Morgan fingerprint density at radius 2 is 2.05 bits per heavy atom. The van der Waals surface area contributed by atoms with Gasteiger partial charge in [-0.2, -0.15) is 0 Å². The smallest absolute Gasteiger partial charge is 0.137 e. The molecule has 4 atom stereocenters. The fourth-order valence-corrected chi connectivity index (χ4v) is 4.77. The van der Waals surface area contributed by atoms with Gasteiger partial charge < -0.3 is 4.74 Å². The zero-order valence-corrected chi connectivity index (χ0v) is 13.6. The Bertz CT molecular complexity index is 357. The molecule has 0 radical (unpaired) electrons. The van der Waals surface area contributed by atoms with E-state index in [1.807, 2.05) is 0 Å². The molecule has 1 heterocycles. The fourth-order valence-electron chi connectivity index (χ4n) is 4.77. The van der Waals surface area contributed by atoms with Gasteiger partial charge >= 0.3 is 0 Å². The summed E-state index contributed by atoms with van der Waals surface area (Å²) in [6.07, 6.45) is 9.95. The van der Waals surface area contributed by atoms with Crippen LogP contribution in [0.4, 0.5) is 0 Å². The number of ether oxygens (including phenoxy) is 1. The molecule has 2 aliphatic carbocycles. The second-order valence-corrected chi connectivity index (χ2v) is 7.41. The van der Waals surface area contributed by atoms with Crippen molar-refractivity contribution in [3.8, 4) is 0 Å². The molecule has 120 valence electrons. The van der Waals surface area contributed by atoms with Crippen molar-refractivity contribution < 1.29 is 9.53 Å². The van der Waals surface area contributed by atoms with Gasteiger partial charge in [-0.25, -0.2) is 0 Å². The molecule has 21 heavy (non-hydrogen) atoms. The van der Waals surface area contributed by atoms with E-state index >= 15 is 0 Å². The van der Waals surface area contributed by atoms with Crippen LogP contribution in [-0.4, -0.2) is 43.0 Å². The second-order valence-electron chi connectivity index (χ2n) is 7.41. The number of nitrogens with zero attached hydrogens (tertiary/aromatic N) is 1. The van der Waals surface area contributed by atoms with Crippen LogP contribution < -0.4 is 0 Å². The highest BCUT2D eigenvalue weighted by Crippen LogP contribution is 2.34. The van der Waals surface area contributed by atoms with Crippen molar-refractivity contribution in [3.63, 3.8) is 0 Å². The summed E-state index contributed by atoms with van der Waals surface area (Å²) in [7, 11) is 0. The normalized spacial score (nSPS) is 38.8. The predicted octanol–water partition coefficient (Wildman–Crippen LogP) is 3.27. The summed E-state index contributed by atoms with van der Waals surface area (Å²) >= 11 is 0. The molecular formula is C18H31NO2.